The van der Waals surface area contributed by atoms with Crippen molar-refractivity contribution < 1.29 is 4.79 Å². The highest BCUT2D eigenvalue weighted by Crippen LogP contribution is 2.16. The van der Waals surface area contributed by atoms with Crippen molar-refractivity contribution in [2.45, 2.75) is 39.8 Å². The number of carbonyl (C=O) groups excluding carboxylic acids is 1. The van der Waals surface area contributed by atoms with Gasteiger partial charge in [-0.15, -0.1) is 11.6 Å². The molecule has 1 aliphatic rings. The minimum absolute atomic E-state index is 0.200. The van der Waals surface area contributed by atoms with Gasteiger partial charge in [0.05, 0.1) is 0 Å². The van der Waals surface area contributed by atoms with Gasteiger partial charge in [0.25, 0.3) is 0 Å². The molecule has 0 radical (unpaired) electrons. The summed E-state index contributed by atoms with van der Waals surface area (Å²) in [4.78, 5) is 12.2. The predicted molar refractivity (Wildman–Crippen MR) is 104 cm³/mol. The number of fused-ring (bicyclic) bond motifs is 1. The van der Waals surface area contributed by atoms with Gasteiger partial charge >= 0.3 is 0 Å². The van der Waals surface area contributed by atoms with Gasteiger partial charge in [0.1, 0.15) is 0 Å². The Kier molecular flexibility index (Phi) is 8.72. The van der Waals surface area contributed by atoms with E-state index in [4.69, 9.17) is 0 Å². The van der Waals surface area contributed by atoms with Crippen molar-refractivity contribution in [1.29, 1.82) is 0 Å². The van der Waals surface area contributed by atoms with Gasteiger partial charge in [-0.2, -0.15) is 0 Å². The zero-order valence-corrected chi connectivity index (χ0v) is 15.4. The SMILES string of the molecule is CB1CCc2ccc(CC(=O)c3ccccc3)cc21.CC.CCl. The van der Waals surface area contributed by atoms with Gasteiger partial charge in [0.2, 0.25) is 0 Å². The van der Waals surface area contributed by atoms with Gasteiger partial charge in [-0.3, -0.25) is 4.79 Å². The summed E-state index contributed by atoms with van der Waals surface area (Å²) in [5.74, 6) is 0.200. The van der Waals surface area contributed by atoms with E-state index in [1.807, 2.05) is 44.2 Å². The first-order valence-corrected chi connectivity index (χ1v) is 9.07. The first kappa shape index (κ1) is 19.5. The van der Waals surface area contributed by atoms with E-state index in [0.29, 0.717) is 13.1 Å². The molecule has 3 heteroatoms. The van der Waals surface area contributed by atoms with Crippen LogP contribution >= 0.6 is 11.6 Å². The Hall–Kier alpha value is -1.54. The van der Waals surface area contributed by atoms with Crippen LogP contribution < -0.4 is 5.46 Å². The van der Waals surface area contributed by atoms with E-state index < -0.39 is 0 Å². The third-order valence-electron chi connectivity index (χ3n) is 4.05. The van der Waals surface area contributed by atoms with E-state index in [-0.39, 0.29) is 5.78 Å². The molecule has 0 saturated carbocycles. The standard InChI is InChI=1S/C17H17BO.C2H6.CH3Cl/c1-18-10-9-14-8-7-13(11-16(14)18)12-17(19)15-5-3-2-4-6-15;2*1-2/h2-8,11H,9-10,12H2,1H3;1-2H3;1H3. The molecule has 122 valence electrons. The Labute approximate surface area is 146 Å². The van der Waals surface area contributed by atoms with E-state index in [1.165, 1.54) is 30.2 Å². The van der Waals surface area contributed by atoms with E-state index in [2.05, 4.69) is 36.6 Å². The fraction of sp³-hybridized carbons (Fsp3) is 0.350. The van der Waals surface area contributed by atoms with E-state index in [9.17, 15) is 4.79 Å². The lowest BCUT2D eigenvalue weighted by atomic mass is 9.48. The zero-order valence-electron chi connectivity index (χ0n) is 14.6. The number of hydrogen-bond acceptors (Lipinski definition) is 1. The second-order valence-corrected chi connectivity index (χ2v) is 5.44. The Balaban J connectivity index is 0.000000615. The van der Waals surface area contributed by atoms with Crippen LogP contribution in [0.3, 0.4) is 0 Å². The Morgan fingerprint density at radius 2 is 1.74 bits per heavy atom. The number of aryl methyl sites for hydroxylation is 1. The summed E-state index contributed by atoms with van der Waals surface area (Å²) in [7, 11) is 0. The lowest BCUT2D eigenvalue weighted by Crippen LogP contribution is -2.23. The third-order valence-corrected chi connectivity index (χ3v) is 4.05. The van der Waals surface area contributed by atoms with Gasteiger partial charge in [-0.1, -0.05) is 86.5 Å². The molecule has 0 bridgehead atoms. The number of halogens is 1. The van der Waals surface area contributed by atoms with Crippen molar-refractivity contribution in [3.8, 4) is 0 Å². The minimum Gasteiger partial charge on any atom is -0.294 e. The second-order valence-electron chi connectivity index (χ2n) is 5.44. The molecule has 0 unspecified atom stereocenters. The molecule has 1 heterocycles. The highest BCUT2D eigenvalue weighted by Gasteiger charge is 2.21. The van der Waals surface area contributed by atoms with Gasteiger partial charge in [0.15, 0.2) is 12.5 Å². The third kappa shape index (κ3) is 5.25. The van der Waals surface area contributed by atoms with Crippen LogP contribution in [0.1, 0.15) is 35.3 Å². The van der Waals surface area contributed by atoms with Crippen LogP contribution in [0.25, 0.3) is 0 Å². The number of carbonyl (C=O) groups is 1. The summed E-state index contributed by atoms with van der Waals surface area (Å²) in [6.45, 7) is 6.91. The van der Waals surface area contributed by atoms with Crippen LogP contribution in [-0.2, 0) is 12.8 Å². The summed E-state index contributed by atoms with van der Waals surface area (Å²) >= 11 is 4.64. The van der Waals surface area contributed by atoms with E-state index in [0.717, 1.165) is 11.1 Å². The summed E-state index contributed by atoms with van der Waals surface area (Å²) in [5, 5.41) is 0. The highest BCUT2D eigenvalue weighted by molar-refractivity contribution is 6.73. The number of benzene rings is 2. The molecule has 1 aliphatic heterocycles. The number of ketones is 1. The van der Waals surface area contributed by atoms with Crippen molar-refractivity contribution in [3.63, 3.8) is 0 Å². The topological polar surface area (TPSA) is 17.1 Å². The lowest BCUT2D eigenvalue weighted by Gasteiger charge is -2.07. The Morgan fingerprint density at radius 3 is 2.39 bits per heavy atom. The van der Waals surface area contributed by atoms with Crippen LogP contribution in [0, 0.1) is 0 Å². The Bertz CT molecular complexity index is 610. The maximum atomic E-state index is 12.2. The van der Waals surface area contributed by atoms with Crippen LogP contribution in [-0.4, -0.2) is 18.9 Å². The Morgan fingerprint density at radius 1 is 1.09 bits per heavy atom. The normalized spacial score (nSPS) is 11.6. The molecule has 0 aliphatic carbocycles. The lowest BCUT2D eigenvalue weighted by molar-refractivity contribution is 0.0993. The summed E-state index contributed by atoms with van der Waals surface area (Å²) < 4.78 is 0. The average molecular weight is 329 g/mol. The maximum Gasteiger partial charge on any atom is 0.173 e. The monoisotopic (exact) mass is 328 g/mol. The summed E-state index contributed by atoms with van der Waals surface area (Å²) in [6, 6.07) is 16.1. The molecule has 1 nitrogen and oxygen atoms in total. The van der Waals surface area contributed by atoms with Crippen molar-refractivity contribution in [2.75, 3.05) is 6.38 Å². The van der Waals surface area contributed by atoms with E-state index >= 15 is 0 Å². The highest BCUT2D eigenvalue weighted by atomic mass is 35.5. The van der Waals surface area contributed by atoms with Gasteiger partial charge in [-0.05, 0) is 12.0 Å². The quantitative estimate of drug-likeness (QED) is 0.446. The van der Waals surface area contributed by atoms with Crippen LogP contribution in [0.5, 0.6) is 0 Å². The molecule has 0 amide bonds. The smallest absolute Gasteiger partial charge is 0.173 e. The van der Waals surface area contributed by atoms with Crippen molar-refractivity contribution >= 4 is 29.6 Å². The molecule has 0 fully saturated rings. The van der Waals surface area contributed by atoms with Crippen LogP contribution in [0.4, 0.5) is 0 Å². The predicted octanol–water partition coefficient (Wildman–Crippen LogP) is 4.88. The molecular formula is C20H26BClO. The minimum atomic E-state index is 0.200. The molecule has 0 N–H and O–H groups in total. The van der Waals surface area contributed by atoms with E-state index in [1.54, 1.807) is 0 Å². The van der Waals surface area contributed by atoms with Crippen molar-refractivity contribution in [1.82, 2.24) is 0 Å². The van der Waals surface area contributed by atoms with Gasteiger partial charge in [0, 0.05) is 18.4 Å². The van der Waals surface area contributed by atoms with Crippen LogP contribution in [0.15, 0.2) is 48.5 Å². The number of Topliss-reactive ketones (excluding diaryl/α,β-unsaturated/α-hetero) is 1. The first-order chi connectivity index (χ1) is 11.2. The zero-order chi connectivity index (χ0) is 17.2. The van der Waals surface area contributed by atoms with Gasteiger partial charge in [-0.25, -0.2) is 0 Å². The molecule has 23 heavy (non-hydrogen) atoms. The molecule has 2 aromatic rings. The fourth-order valence-corrected chi connectivity index (χ4v) is 2.88. The molecule has 0 spiro atoms. The summed E-state index contributed by atoms with van der Waals surface area (Å²) in [6.07, 6.45) is 4.40. The number of rotatable bonds is 3. The molecule has 2 aromatic carbocycles. The average Bonchev–Trinajstić information content (AvgIpc) is 3.00. The summed E-state index contributed by atoms with van der Waals surface area (Å²) in [5.41, 5.74) is 4.85. The first-order valence-electron chi connectivity index (χ1n) is 8.32. The molecule has 0 saturated heterocycles. The van der Waals surface area contributed by atoms with Crippen molar-refractivity contribution in [3.05, 3.63) is 65.2 Å². The second kappa shape index (κ2) is 10.3. The molecule has 0 atom stereocenters. The fourth-order valence-electron chi connectivity index (χ4n) is 2.88. The number of alkyl halides is 1. The number of hydrogen-bond donors (Lipinski definition) is 0. The van der Waals surface area contributed by atoms with Crippen molar-refractivity contribution in [2.24, 2.45) is 0 Å². The maximum absolute atomic E-state index is 12.2. The van der Waals surface area contributed by atoms with Crippen LogP contribution in [0.2, 0.25) is 13.1 Å². The largest absolute Gasteiger partial charge is 0.294 e. The molecular weight excluding hydrogens is 302 g/mol. The molecule has 0 aromatic heterocycles. The van der Waals surface area contributed by atoms with Gasteiger partial charge < -0.3 is 0 Å². The molecule has 3 rings (SSSR count).